The second-order valence-electron chi connectivity index (χ2n) is 6.61. The van der Waals surface area contributed by atoms with Crippen LogP contribution < -0.4 is 24.8 Å². The summed E-state index contributed by atoms with van der Waals surface area (Å²) in [6.45, 7) is 0.159. The van der Waals surface area contributed by atoms with Crippen LogP contribution in [0.5, 0.6) is 17.2 Å². The highest BCUT2D eigenvalue weighted by Crippen LogP contribution is 2.38. The first kappa shape index (κ1) is 22.5. The Bertz CT molecular complexity index is 1070. The molecule has 0 fully saturated rings. The Kier molecular flexibility index (Phi) is 7.53. The molecule has 0 aliphatic carbocycles. The van der Waals surface area contributed by atoms with Crippen LogP contribution in [0.1, 0.15) is 21.7 Å². The molecule has 166 valence electrons. The minimum Gasteiger partial charge on any atom is -0.493 e. The molecule has 0 aliphatic rings. The van der Waals surface area contributed by atoms with E-state index < -0.39 is 11.8 Å². The molecule has 0 radical (unpaired) electrons. The number of rotatable bonds is 9. The van der Waals surface area contributed by atoms with Gasteiger partial charge in [0.15, 0.2) is 11.5 Å². The number of ether oxygens (including phenoxy) is 3. The Balaban J connectivity index is 1.79. The molecular weight excluding hydrogens is 412 g/mol. The molecule has 2 amide bonds. The molecule has 0 atom stereocenters. The predicted octanol–water partition coefficient (Wildman–Crippen LogP) is 3.39. The molecule has 3 aromatic rings. The third kappa shape index (κ3) is 5.48. The monoisotopic (exact) mass is 436 g/mol. The van der Waals surface area contributed by atoms with Gasteiger partial charge >= 0.3 is 0 Å². The van der Waals surface area contributed by atoms with Gasteiger partial charge in [-0.2, -0.15) is 0 Å². The Morgan fingerprint density at radius 2 is 1.62 bits per heavy atom. The summed E-state index contributed by atoms with van der Waals surface area (Å²) in [6, 6.07) is 15.5. The number of hydrogen-bond acceptors (Lipinski definition) is 6. The van der Waals surface area contributed by atoms with Crippen molar-refractivity contribution >= 4 is 17.9 Å². The van der Waals surface area contributed by atoms with Crippen molar-refractivity contribution in [2.24, 2.45) is 0 Å². The second-order valence-corrected chi connectivity index (χ2v) is 6.61. The first-order valence-electron chi connectivity index (χ1n) is 9.74. The second kappa shape index (κ2) is 10.7. The molecule has 0 aliphatic heterocycles. The van der Waals surface area contributed by atoms with Crippen molar-refractivity contribution in [2.45, 2.75) is 6.54 Å². The minimum absolute atomic E-state index is 0.0428. The fourth-order valence-electron chi connectivity index (χ4n) is 2.97. The summed E-state index contributed by atoms with van der Waals surface area (Å²) in [5.41, 5.74) is 1.19. The van der Waals surface area contributed by atoms with Crippen LogP contribution in [0.25, 0.3) is 6.08 Å². The molecular formula is C24H24N2O6. The van der Waals surface area contributed by atoms with Gasteiger partial charge < -0.3 is 29.3 Å². The highest BCUT2D eigenvalue weighted by Gasteiger charge is 2.17. The number of methoxy groups -OCH3 is 3. The van der Waals surface area contributed by atoms with E-state index in [1.165, 1.54) is 33.7 Å². The van der Waals surface area contributed by atoms with Crippen LogP contribution in [0.2, 0.25) is 0 Å². The zero-order valence-corrected chi connectivity index (χ0v) is 18.0. The molecule has 0 unspecified atom stereocenters. The molecule has 1 aromatic heterocycles. The molecule has 3 rings (SSSR count). The van der Waals surface area contributed by atoms with Crippen LogP contribution in [0, 0.1) is 0 Å². The first-order valence-corrected chi connectivity index (χ1v) is 9.74. The number of nitrogens with one attached hydrogen (secondary N) is 2. The van der Waals surface area contributed by atoms with Crippen LogP contribution in [-0.4, -0.2) is 33.1 Å². The van der Waals surface area contributed by atoms with E-state index in [2.05, 4.69) is 10.6 Å². The van der Waals surface area contributed by atoms with Crippen molar-refractivity contribution in [1.29, 1.82) is 0 Å². The van der Waals surface area contributed by atoms with Gasteiger partial charge in [0.1, 0.15) is 11.5 Å². The van der Waals surface area contributed by atoms with Crippen LogP contribution in [0.4, 0.5) is 0 Å². The van der Waals surface area contributed by atoms with Crippen molar-refractivity contribution in [3.63, 3.8) is 0 Å². The zero-order valence-electron chi connectivity index (χ0n) is 18.0. The number of carbonyl (C=O) groups is 2. The Morgan fingerprint density at radius 3 is 2.19 bits per heavy atom. The highest BCUT2D eigenvalue weighted by molar-refractivity contribution is 6.05. The Morgan fingerprint density at radius 1 is 0.938 bits per heavy atom. The fraction of sp³-hybridized carbons (Fsp3) is 0.167. The number of hydrogen-bond donors (Lipinski definition) is 2. The summed E-state index contributed by atoms with van der Waals surface area (Å²) < 4.78 is 21.3. The average molecular weight is 436 g/mol. The maximum atomic E-state index is 12.9. The molecule has 1 heterocycles. The summed E-state index contributed by atoms with van der Waals surface area (Å²) in [5, 5.41) is 5.44. The fourth-order valence-corrected chi connectivity index (χ4v) is 2.97. The number of benzene rings is 2. The largest absolute Gasteiger partial charge is 0.493 e. The summed E-state index contributed by atoms with van der Waals surface area (Å²) >= 11 is 0. The number of furan rings is 1. The SMILES string of the molecule is COc1cc(CNC(=O)/C(=C/c2ccco2)NC(=O)c2ccccc2)cc(OC)c1OC. The molecule has 0 bridgehead atoms. The Labute approximate surface area is 185 Å². The number of amides is 2. The van der Waals surface area contributed by atoms with Gasteiger partial charge in [0, 0.05) is 18.2 Å². The first-order chi connectivity index (χ1) is 15.5. The van der Waals surface area contributed by atoms with Crippen molar-refractivity contribution in [2.75, 3.05) is 21.3 Å². The van der Waals surface area contributed by atoms with E-state index in [-0.39, 0.29) is 12.2 Å². The predicted molar refractivity (Wildman–Crippen MR) is 119 cm³/mol. The highest BCUT2D eigenvalue weighted by atomic mass is 16.5. The van der Waals surface area contributed by atoms with Crippen LogP contribution in [-0.2, 0) is 11.3 Å². The van der Waals surface area contributed by atoms with Crippen molar-refractivity contribution in [3.8, 4) is 17.2 Å². The standard InChI is InChI=1S/C24H24N2O6/c1-29-20-12-16(13-21(30-2)22(20)31-3)15-25-24(28)19(14-18-10-7-11-32-18)26-23(27)17-8-5-4-6-9-17/h4-14H,15H2,1-3H3,(H,25,28)(H,26,27)/b19-14-. The molecule has 0 saturated heterocycles. The van der Waals surface area contributed by atoms with Crippen molar-refractivity contribution in [3.05, 3.63) is 83.4 Å². The van der Waals surface area contributed by atoms with E-state index in [0.717, 1.165) is 5.56 Å². The summed E-state index contributed by atoms with van der Waals surface area (Å²) in [4.78, 5) is 25.5. The minimum atomic E-state index is -0.487. The summed E-state index contributed by atoms with van der Waals surface area (Å²) in [6.07, 6.45) is 2.95. The van der Waals surface area contributed by atoms with E-state index in [0.29, 0.717) is 28.6 Å². The molecule has 32 heavy (non-hydrogen) atoms. The van der Waals surface area contributed by atoms with Gasteiger partial charge in [-0.25, -0.2) is 0 Å². The Hall–Kier alpha value is -4.20. The van der Waals surface area contributed by atoms with Gasteiger partial charge in [0.2, 0.25) is 5.75 Å². The molecule has 0 spiro atoms. The maximum absolute atomic E-state index is 12.9. The van der Waals surface area contributed by atoms with E-state index >= 15 is 0 Å². The molecule has 2 aromatic carbocycles. The lowest BCUT2D eigenvalue weighted by molar-refractivity contribution is -0.117. The zero-order chi connectivity index (χ0) is 22.9. The third-order valence-corrected chi connectivity index (χ3v) is 4.54. The summed E-state index contributed by atoms with van der Waals surface area (Å²) in [5.74, 6) is 0.931. The van der Waals surface area contributed by atoms with E-state index in [9.17, 15) is 9.59 Å². The van der Waals surface area contributed by atoms with Crippen LogP contribution in [0.3, 0.4) is 0 Å². The topological polar surface area (TPSA) is 99.0 Å². The van der Waals surface area contributed by atoms with Crippen molar-refractivity contribution < 1.29 is 28.2 Å². The van der Waals surface area contributed by atoms with Gasteiger partial charge in [-0.3, -0.25) is 9.59 Å². The normalized spacial score (nSPS) is 10.9. The van der Waals surface area contributed by atoms with Gasteiger partial charge in [-0.05, 0) is 42.0 Å². The van der Waals surface area contributed by atoms with Gasteiger partial charge in [0.25, 0.3) is 11.8 Å². The maximum Gasteiger partial charge on any atom is 0.268 e. The lowest BCUT2D eigenvalue weighted by atomic mass is 10.1. The van der Waals surface area contributed by atoms with E-state index in [1.54, 1.807) is 54.6 Å². The number of carbonyl (C=O) groups excluding carboxylic acids is 2. The average Bonchev–Trinajstić information content (AvgIpc) is 3.34. The molecule has 0 saturated carbocycles. The van der Waals surface area contributed by atoms with E-state index in [4.69, 9.17) is 18.6 Å². The lowest BCUT2D eigenvalue weighted by Crippen LogP contribution is -2.34. The van der Waals surface area contributed by atoms with Gasteiger partial charge in [0.05, 0.1) is 27.6 Å². The summed E-state index contributed by atoms with van der Waals surface area (Å²) in [7, 11) is 4.55. The molecule has 8 heteroatoms. The van der Waals surface area contributed by atoms with Crippen molar-refractivity contribution in [1.82, 2.24) is 10.6 Å². The molecule has 2 N–H and O–H groups in total. The van der Waals surface area contributed by atoms with Crippen LogP contribution >= 0.6 is 0 Å². The molecule has 8 nitrogen and oxygen atoms in total. The third-order valence-electron chi connectivity index (χ3n) is 4.54. The smallest absolute Gasteiger partial charge is 0.268 e. The lowest BCUT2D eigenvalue weighted by Gasteiger charge is -2.15. The van der Waals surface area contributed by atoms with Gasteiger partial charge in [-0.1, -0.05) is 18.2 Å². The quantitative estimate of drug-likeness (QED) is 0.499. The van der Waals surface area contributed by atoms with Gasteiger partial charge in [-0.15, -0.1) is 0 Å². The van der Waals surface area contributed by atoms with E-state index in [1.807, 2.05) is 0 Å². The van der Waals surface area contributed by atoms with Crippen LogP contribution in [0.15, 0.2) is 71.0 Å².